The van der Waals surface area contributed by atoms with Gasteiger partial charge in [0.1, 0.15) is 7.05 Å². The molecule has 1 aliphatic carbocycles. The second-order valence-corrected chi connectivity index (χ2v) is 15.6. The lowest BCUT2D eigenvalue weighted by Gasteiger charge is -2.22. The van der Waals surface area contributed by atoms with Crippen molar-refractivity contribution in [1.82, 2.24) is 0 Å². The van der Waals surface area contributed by atoms with Gasteiger partial charge in [0.25, 0.3) is 0 Å². The smallest absolute Gasteiger partial charge is 0.208 e. The predicted octanol–water partition coefficient (Wildman–Crippen LogP) is 13.5. The molecule has 0 spiro atoms. The van der Waals surface area contributed by atoms with E-state index in [1.807, 2.05) is 23.1 Å². The number of nitrogens with zero attached hydrogens (tertiary/aromatic N) is 1. The molecule has 0 atom stereocenters. The van der Waals surface area contributed by atoms with Gasteiger partial charge in [0.05, 0.1) is 0 Å². The van der Waals surface area contributed by atoms with Crippen LogP contribution in [0, 0.1) is 0 Å². The molecular formula is C50H41NS2+2. The lowest BCUT2D eigenvalue weighted by molar-refractivity contribution is -0.671. The van der Waals surface area contributed by atoms with Gasteiger partial charge in [0.15, 0.2) is 12.4 Å². The van der Waals surface area contributed by atoms with Crippen molar-refractivity contribution in [2.75, 3.05) is 0 Å². The summed E-state index contributed by atoms with van der Waals surface area (Å²) in [4.78, 5) is 5.07. The van der Waals surface area contributed by atoms with E-state index in [-0.39, 0.29) is 0 Å². The van der Waals surface area contributed by atoms with Crippen molar-refractivity contribution in [3.05, 3.63) is 227 Å². The highest BCUT2D eigenvalue weighted by atomic mass is 32.2. The molecule has 2 aliphatic rings. The highest BCUT2D eigenvalue weighted by Crippen LogP contribution is 2.44. The fourth-order valence-corrected chi connectivity index (χ4v) is 9.18. The zero-order valence-corrected chi connectivity index (χ0v) is 31.5. The van der Waals surface area contributed by atoms with E-state index in [1.54, 1.807) is 0 Å². The standard InChI is InChI=1S/C50H41NS2/c1-51-31-29-45(30-32-51)50-43(27-25-37-33-46(39-15-6-2-7-16-39)52-47(34-37)40-17-8-3-9-18-40)23-14-24-44(50)28-26-38-35-48(41-19-10-4-11-20-41)53-49(36-38)42-21-12-5-13-22-42/h2-13,15-22,25-36H,14,23-24H2,1H3/q+2. The molecule has 6 aromatic rings. The number of hydrogen-bond donors (Lipinski definition) is 0. The molecule has 1 aliphatic heterocycles. The van der Waals surface area contributed by atoms with Crippen molar-refractivity contribution in [3.63, 3.8) is 0 Å². The van der Waals surface area contributed by atoms with Crippen molar-refractivity contribution >= 4 is 44.6 Å². The number of benzene rings is 4. The highest BCUT2D eigenvalue weighted by molar-refractivity contribution is 8.16. The van der Waals surface area contributed by atoms with Gasteiger partial charge in [-0.25, -0.2) is 4.57 Å². The molecule has 1 nitrogen and oxygen atoms in total. The Hall–Kier alpha value is -5.61. The van der Waals surface area contributed by atoms with Crippen molar-refractivity contribution < 1.29 is 4.57 Å². The second-order valence-electron chi connectivity index (χ2n) is 13.4. The SMILES string of the molecule is C[n+]1ccc(C2=C(/C=C/c3cc(-c4ccccc4)[s+]c(-c4ccccc4)c3)CCC/C2=C\C=C2C=C(c3ccccc3)SC(c3ccccc3)=C2)cc1. The van der Waals surface area contributed by atoms with Crippen LogP contribution in [-0.4, -0.2) is 0 Å². The number of aryl methyl sites for hydroxylation is 1. The Morgan fingerprint density at radius 3 is 1.58 bits per heavy atom. The van der Waals surface area contributed by atoms with Gasteiger partial charge in [-0.15, -0.1) is 0 Å². The third kappa shape index (κ3) is 8.39. The molecule has 3 heteroatoms. The maximum absolute atomic E-state index is 2.38. The van der Waals surface area contributed by atoms with Crippen LogP contribution in [0.5, 0.6) is 0 Å². The van der Waals surface area contributed by atoms with Crippen LogP contribution in [0.25, 0.3) is 42.3 Å². The molecule has 2 aromatic heterocycles. The molecular weight excluding hydrogens is 679 g/mol. The lowest BCUT2D eigenvalue weighted by atomic mass is 9.83. The minimum absolute atomic E-state index is 1.04. The number of aromatic nitrogens is 1. The second kappa shape index (κ2) is 16.4. The van der Waals surface area contributed by atoms with Crippen LogP contribution in [0.15, 0.2) is 205 Å². The Labute approximate surface area is 322 Å². The Bertz CT molecular complexity index is 2280. The Kier molecular flexibility index (Phi) is 10.7. The van der Waals surface area contributed by atoms with Gasteiger partial charge in [-0.1, -0.05) is 133 Å². The molecule has 4 aromatic carbocycles. The Balaban J connectivity index is 1.22. The molecule has 0 radical (unpaired) electrons. The van der Waals surface area contributed by atoms with Crippen molar-refractivity contribution in [2.45, 2.75) is 19.3 Å². The van der Waals surface area contributed by atoms with Crippen LogP contribution >= 0.6 is 23.1 Å². The van der Waals surface area contributed by atoms with E-state index in [0.717, 1.165) is 19.3 Å². The van der Waals surface area contributed by atoms with Gasteiger partial charge in [0.2, 0.25) is 21.1 Å². The van der Waals surface area contributed by atoms with Crippen LogP contribution in [0.4, 0.5) is 0 Å². The van der Waals surface area contributed by atoms with E-state index in [2.05, 4.69) is 206 Å². The van der Waals surface area contributed by atoms with Gasteiger partial charge in [-0.3, -0.25) is 0 Å². The van der Waals surface area contributed by atoms with Crippen LogP contribution in [0.3, 0.4) is 0 Å². The first-order valence-corrected chi connectivity index (χ1v) is 19.9. The van der Waals surface area contributed by atoms with Gasteiger partial charge in [-0.05, 0) is 100 Å². The summed E-state index contributed by atoms with van der Waals surface area (Å²) in [6, 6.07) is 52.2. The summed E-state index contributed by atoms with van der Waals surface area (Å²) in [5.74, 6) is 0. The van der Waals surface area contributed by atoms with Crippen LogP contribution in [0.1, 0.15) is 41.5 Å². The van der Waals surface area contributed by atoms with Gasteiger partial charge >= 0.3 is 0 Å². The summed E-state index contributed by atoms with van der Waals surface area (Å²) in [5.41, 5.74) is 12.8. The van der Waals surface area contributed by atoms with Crippen molar-refractivity contribution in [1.29, 1.82) is 0 Å². The van der Waals surface area contributed by atoms with E-state index in [4.69, 9.17) is 0 Å². The molecule has 3 heterocycles. The van der Waals surface area contributed by atoms with Crippen LogP contribution in [-0.2, 0) is 7.05 Å². The van der Waals surface area contributed by atoms with Gasteiger partial charge < -0.3 is 0 Å². The maximum atomic E-state index is 2.38. The molecule has 0 bridgehead atoms. The first kappa shape index (κ1) is 34.5. The third-order valence-corrected chi connectivity index (χ3v) is 11.9. The molecule has 0 fully saturated rings. The van der Waals surface area contributed by atoms with Crippen LogP contribution < -0.4 is 4.57 Å². The highest BCUT2D eigenvalue weighted by Gasteiger charge is 2.21. The molecule has 53 heavy (non-hydrogen) atoms. The predicted molar refractivity (Wildman–Crippen MR) is 230 cm³/mol. The third-order valence-electron chi connectivity index (χ3n) is 9.62. The topological polar surface area (TPSA) is 3.88 Å². The Morgan fingerprint density at radius 2 is 1.06 bits per heavy atom. The summed E-state index contributed by atoms with van der Waals surface area (Å²) in [6.07, 6.45) is 21.6. The van der Waals surface area contributed by atoms with E-state index in [0.29, 0.717) is 0 Å². The van der Waals surface area contributed by atoms with Gasteiger partial charge in [-0.2, -0.15) is 0 Å². The average molecular weight is 720 g/mol. The normalized spacial score (nSPS) is 15.4. The minimum Gasteiger partial charge on any atom is -0.208 e. The van der Waals surface area contributed by atoms with E-state index >= 15 is 0 Å². The number of allylic oxidation sites excluding steroid dienone is 9. The first-order valence-electron chi connectivity index (χ1n) is 18.3. The van der Waals surface area contributed by atoms with Crippen LogP contribution in [0.2, 0.25) is 0 Å². The van der Waals surface area contributed by atoms with Crippen molar-refractivity contribution in [3.8, 4) is 20.9 Å². The van der Waals surface area contributed by atoms with E-state index in [1.165, 1.54) is 75.2 Å². The quantitative estimate of drug-likeness (QED) is 0.112. The van der Waals surface area contributed by atoms with Gasteiger partial charge in [0, 0.05) is 45.2 Å². The summed E-state index contributed by atoms with van der Waals surface area (Å²) < 4.78 is 2.11. The number of pyridine rings is 1. The molecule has 8 rings (SSSR count). The average Bonchev–Trinajstić information content (AvgIpc) is 3.23. The molecule has 0 saturated heterocycles. The number of thioether (sulfide) groups is 1. The lowest BCUT2D eigenvalue weighted by Crippen LogP contribution is -2.26. The zero-order chi connectivity index (χ0) is 35.8. The fraction of sp³-hybridized carbons (Fsp3) is 0.0800. The fourth-order valence-electron chi connectivity index (χ4n) is 6.91. The molecule has 0 amide bonds. The minimum atomic E-state index is 1.04. The first-order chi connectivity index (χ1) is 26.2. The summed E-state index contributed by atoms with van der Waals surface area (Å²) in [7, 11) is 2.08. The van der Waals surface area contributed by atoms with E-state index < -0.39 is 0 Å². The molecule has 0 unspecified atom stereocenters. The molecule has 0 saturated carbocycles. The number of rotatable bonds is 8. The molecule has 0 N–H and O–H groups in total. The maximum Gasteiger partial charge on any atom is 0.239 e. The zero-order valence-electron chi connectivity index (χ0n) is 29.9. The monoisotopic (exact) mass is 719 g/mol. The summed E-state index contributed by atoms with van der Waals surface area (Å²) >= 11 is 3.69. The number of hydrogen-bond acceptors (Lipinski definition) is 1. The van der Waals surface area contributed by atoms with E-state index in [9.17, 15) is 0 Å². The summed E-state index contributed by atoms with van der Waals surface area (Å²) in [6.45, 7) is 0. The Morgan fingerprint density at radius 1 is 0.547 bits per heavy atom. The largest absolute Gasteiger partial charge is 0.239 e. The summed E-state index contributed by atoms with van der Waals surface area (Å²) in [5, 5.41) is 0. The van der Waals surface area contributed by atoms with Crippen molar-refractivity contribution in [2.24, 2.45) is 7.05 Å². The molecule has 256 valence electrons.